The Bertz CT molecular complexity index is 1890. The van der Waals surface area contributed by atoms with Gasteiger partial charge in [-0.1, -0.05) is 48.8 Å². The maximum atomic E-state index is 14.0. The van der Waals surface area contributed by atoms with Gasteiger partial charge in [-0.15, -0.1) is 0 Å². The summed E-state index contributed by atoms with van der Waals surface area (Å²) in [5.41, 5.74) is 3.56. The van der Waals surface area contributed by atoms with E-state index in [1.54, 1.807) is 17.0 Å². The van der Waals surface area contributed by atoms with Crippen molar-refractivity contribution in [3.8, 4) is 11.4 Å². The predicted molar refractivity (Wildman–Crippen MR) is 190 cm³/mol. The molecule has 1 aliphatic heterocycles. The number of aliphatic imine (C=N–C) groups is 1. The quantitative estimate of drug-likeness (QED) is 0.186. The minimum absolute atomic E-state index is 0.00977. The van der Waals surface area contributed by atoms with Crippen LogP contribution in [0.3, 0.4) is 0 Å². The van der Waals surface area contributed by atoms with Gasteiger partial charge in [-0.25, -0.2) is 9.98 Å². The van der Waals surface area contributed by atoms with Crippen LogP contribution in [0.15, 0.2) is 81.3 Å². The van der Waals surface area contributed by atoms with E-state index >= 15 is 0 Å². The summed E-state index contributed by atoms with van der Waals surface area (Å²) in [5, 5.41) is 7.15. The molecule has 3 saturated carbocycles. The molecule has 5 atom stereocenters. The minimum atomic E-state index is -0.0919. The molecule has 0 radical (unpaired) electrons. The van der Waals surface area contributed by atoms with E-state index in [9.17, 15) is 9.59 Å². The molecule has 4 aliphatic rings. The standard InChI is InChI=1S/C37H42BrN7O2/c1-22-20-44(21-33(46)40-22)36(43-31-17-26-16-30(23(31)2)37(26,3)4)41-28-11-12-29-32(18-28)42-34(25-6-5-14-39-19-25)45(35(29)47)15-13-24-7-9-27(38)10-8-24/h5-12,14,18-19,22-23,26,30-31H,13,15-17,20-21H2,1-4H3,(H,40,46)(H,41,43)/t22-,23-,26+,30-,31?/m0/s1. The summed E-state index contributed by atoms with van der Waals surface area (Å²) in [6, 6.07) is 17.8. The minimum Gasteiger partial charge on any atom is -0.350 e. The number of nitrogens with zero attached hydrogens (tertiary/aromatic N) is 5. The number of halogens is 1. The Balaban J connectivity index is 1.24. The zero-order valence-corrected chi connectivity index (χ0v) is 29.0. The van der Waals surface area contributed by atoms with Crippen molar-refractivity contribution in [2.45, 2.75) is 65.6 Å². The number of aryl methyl sites for hydroxylation is 1. The molecule has 1 amide bonds. The fraction of sp³-hybridized carbons (Fsp3) is 0.432. The number of nitrogens with one attached hydrogen (secondary N) is 2. The van der Waals surface area contributed by atoms with Crippen molar-refractivity contribution in [1.29, 1.82) is 0 Å². The summed E-state index contributed by atoms with van der Waals surface area (Å²) >= 11 is 3.50. The third kappa shape index (κ3) is 6.20. The Morgan fingerprint density at radius 3 is 2.62 bits per heavy atom. The molecule has 2 aromatic carbocycles. The van der Waals surface area contributed by atoms with Crippen molar-refractivity contribution >= 4 is 44.4 Å². The number of pyridine rings is 1. The van der Waals surface area contributed by atoms with Gasteiger partial charge in [0.1, 0.15) is 5.82 Å². The Morgan fingerprint density at radius 1 is 1.11 bits per heavy atom. The van der Waals surface area contributed by atoms with Gasteiger partial charge in [0.15, 0.2) is 5.96 Å². The van der Waals surface area contributed by atoms with Gasteiger partial charge in [-0.3, -0.25) is 19.1 Å². The molecule has 2 N–H and O–H groups in total. The highest BCUT2D eigenvalue weighted by Crippen LogP contribution is 2.61. The summed E-state index contributed by atoms with van der Waals surface area (Å²) in [6.45, 7) is 10.5. The fourth-order valence-electron chi connectivity index (χ4n) is 7.98. The van der Waals surface area contributed by atoms with Gasteiger partial charge in [0.2, 0.25) is 5.91 Å². The first-order valence-corrected chi connectivity index (χ1v) is 17.4. The summed E-state index contributed by atoms with van der Waals surface area (Å²) < 4.78 is 2.78. The molecule has 2 aromatic heterocycles. The average Bonchev–Trinajstić information content (AvgIpc) is 3.05. The van der Waals surface area contributed by atoms with E-state index in [0.717, 1.165) is 27.7 Å². The van der Waals surface area contributed by atoms with Gasteiger partial charge in [0.25, 0.3) is 5.56 Å². The molecule has 1 saturated heterocycles. The molecule has 2 bridgehead atoms. The molecule has 244 valence electrons. The van der Waals surface area contributed by atoms with Crippen LogP contribution in [0.25, 0.3) is 22.3 Å². The van der Waals surface area contributed by atoms with E-state index in [1.807, 2.05) is 49.4 Å². The predicted octanol–water partition coefficient (Wildman–Crippen LogP) is 6.12. The van der Waals surface area contributed by atoms with E-state index in [2.05, 4.69) is 69.4 Å². The first-order chi connectivity index (χ1) is 22.6. The van der Waals surface area contributed by atoms with Crippen LogP contribution in [0.2, 0.25) is 0 Å². The van der Waals surface area contributed by atoms with E-state index in [1.165, 1.54) is 6.42 Å². The van der Waals surface area contributed by atoms with Crippen LogP contribution in [0.5, 0.6) is 0 Å². The molecule has 3 aliphatic carbocycles. The number of benzene rings is 2. The van der Waals surface area contributed by atoms with Crippen LogP contribution in [0, 0.1) is 23.2 Å². The van der Waals surface area contributed by atoms with Gasteiger partial charge < -0.3 is 15.5 Å². The molecule has 9 nitrogen and oxygen atoms in total. The zero-order chi connectivity index (χ0) is 32.9. The topological polar surface area (TPSA) is 105 Å². The van der Waals surface area contributed by atoms with Crippen LogP contribution in [0.1, 0.15) is 46.1 Å². The molecule has 4 fully saturated rings. The van der Waals surface area contributed by atoms with Gasteiger partial charge >= 0.3 is 0 Å². The van der Waals surface area contributed by atoms with Crippen LogP contribution in [-0.4, -0.2) is 56.5 Å². The third-order valence-corrected chi connectivity index (χ3v) is 11.3. The summed E-state index contributed by atoms with van der Waals surface area (Å²) in [7, 11) is 0. The number of guanidine groups is 1. The van der Waals surface area contributed by atoms with Crippen LogP contribution in [0.4, 0.5) is 5.69 Å². The summed E-state index contributed by atoms with van der Waals surface area (Å²) in [5.74, 6) is 3.06. The second-order valence-corrected chi connectivity index (χ2v) is 15.1. The van der Waals surface area contributed by atoms with E-state index in [0.29, 0.717) is 65.4 Å². The number of anilines is 1. The highest BCUT2D eigenvalue weighted by Gasteiger charge is 2.56. The van der Waals surface area contributed by atoms with Gasteiger partial charge in [0.05, 0.1) is 23.5 Å². The third-order valence-electron chi connectivity index (χ3n) is 10.8. The normalized spacial score (nSPS) is 25.3. The number of hydrogen-bond acceptors (Lipinski definition) is 5. The number of carbonyl (C=O) groups excluding carboxylic acids is 1. The largest absolute Gasteiger partial charge is 0.350 e. The molecular formula is C37H42BrN7O2. The monoisotopic (exact) mass is 695 g/mol. The van der Waals surface area contributed by atoms with Gasteiger partial charge in [-0.05, 0) is 97.4 Å². The Morgan fingerprint density at radius 2 is 1.91 bits per heavy atom. The number of aromatic nitrogens is 3. The average molecular weight is 697 g/mol. The van der Waals surface area contributed by atoms with Crippen molar-refractivity contribution in [2.24, 2.45) is 28.2 Å². The van der Waals surface area contributed by atoms with E-state index in [-0.39, 0.29) is 30.1 Å². The summed E-state index contributed by atoms with van der Waals surface area (Å²) in [4.78, 5) is 43.4. The first-order valence-electron chi connectivity index (χ1n) is 16.7. The molecule has 3 heterocycles. The van der Waals surface area contributed by atoms with E-state index < -0.39 is 0 Å². The lowest BCUT2D eigenvalue weighted by atomic mass is 9.45. The van der Waals surface area contributed by atoms with Crippen LogP contribution >= 0.6 is 15.9 Å². The van der Waals surface area contributed by atoms with Crippen LogP contribution in [-0.2, 0) is 17.8 Å². The number of carbonyl (C=O) groups is 1. The molecule has 0 spiro atoms. The highest BCUT2D eigenvalue weighted by molar-refractivity contribution is 9.10. The first kappa shape index (κ1) is 31.5. The fourth-order valence-corrected chi connectivity index (χ4v) is 8.25. The molecule has 1 unspecified atom stereocenters. The number of piperazine rings is 1. The van der Waals surface area contributed by atoms with Gasteiger partial charge in [-0.2, -0.15) is 0 Å². The zero-order valence-electron chi connectivity index (χ0n) is 27.4. The second kappa shape index (κ2) is 12.5. The lowest BCUT2D eigenvalue weighted by Crippen LogP contribution is -2.58. The Labute approximate surface area is 284 Å². The SMILES string of the molecule is C[C@@H]1C(/N=C(/Nc2ccc3c(=O)n(CCc4ccc(Br)cc4)c(-c4cccnc4)nc3c2)N2CC(=O)N[C@@H](C)C2)C[C@H]2C[C@@H]1C2(C)C. The molecule has 10 heteroatoms. The lowest BCUT2D eigenvalue weighted by molar-refractivity contribution is -0.124. The van der Waals surface area contributed by atoms with Crippen molar-refractivity contribution < 1.29 is 4.79 Å². The van der Waals surface area contributed by atoms with Crippen LogP contribution < -0.4 is 16.2 Å². The van der Waals surface area contributed by atoms with E-state index in [4.69, 9.17) is 9.98 Å². The summed E-state index contributed by atoms with van der Waals surface area (Å²) in [6.07, 6.45) is 6.49. The Kier molecular flexibility index (Phi) is 8.40. The van der Waals surface area contributed by atoms with Crippen molar-refractivity contribution in [1.82, 2.24) is 24.8 Å². The molecule has 8 rings (SSSR count). The Hall–Kier alpha value is -4.05. The molecular weight excluding hydrogens is 654 g/mol. The molecule has 47 heavy (non-hydrogen) atoms. The second-order valence-electron chi connectivity index (χ2n) is 14.2. The van der Waals surface area contributed by atoms with Crippen molar-refractivity contribution in [3.63, 3.8) is 0 Å². The number of amides is 1. The maximum Gasteiger partial charge on any atom is 0.261 e. The smallest absolute Gasteiger partial charge is 0.261 e. The highest BCUT2D eigenvalue weighted by atomic mass is 79.9. The number of hydrogen-bond donors (Lipinski definition) is 2. The van der Waals surface area contributed by atoms with Crippen molar-refractivity contribution in [2.75, 3.05) is 18.4 Å². The lowest BCUT2D eigenvalue weighted by Gasteiger charge is -2.61. The van der Waals surface area contributed by atoms with Gasteiger partial charge in [0, 0.05) is 47.2 Å². The maximum absolute atomic E-state index is 14.0. The molecule has 4 aromatic rings. The van der Waals surface area contributed by atoms with Crippen molar-refractivity contribution in [3.05, 3.63) is 87.4 Å². The number of fused-ring (bicyclic) bond motifs is 3. The number of rotatable bonds is 6.